The van der Waals surface area contributed by atoms with Crippen LogP contribution in [0.3, 0.4) is 0 Å². The summed E-state index contributed by atoms with van der Waals surface area (Å²) in [6.07, 6.45) is 3.74. The molecule has 0 atom stereocenters. The predicted octanol–water partition coefficient (Wildman–Crippen LogP) is 8.46. The monoisotopic (exact) mass is 477 g/mol. The van der Waals surface area contributed by atoms with E-state index in [0.717, 1.165) is 0 Å². The Balaban J connectivity index is 0.00000150. The van der Waals surface area contributed by atoms with Gasteiger partial charge in [-0.2, -0.15) is 6.07 Å². The quantitative estimate of drug-likeness (QED) is 0.243. The van der Waals surface area contributed by atoms with Crippen molar-refractivity contribution in [2.45, 2.75) is 78.6 Å². The number of rotatable bonds is 1. The van der Waals surface area contributed by atoms with E-state index < -0.39 is 0 Å². The molecule has 0 saturated heterocycles. The van der Waals surface area contributed by atoms with Gasteiger partial charge in [-0.15, -0.1) is 53.3 Å². The molecule has 3 aromatic carbocycles. The molecule has 0 spiro atoms. The number of hydrogen-bond acceptors (Lipinski definition) is 0. The topological polar surface area (TPSA) is 0 Å². The molecule has 0 bridgehead atoms. The molecule has 0 heterocycles. The Labute approximate surface area is 210 Å². The van der Waals surface area contributed by atoms with Crippen LogP contribution in [0, 0.1) is 6.92 Å². The van der Waals surface area contributed by atoms with Gasteiger partial charge in [-0.3, -0.25) is 0 Å². The second-order valence-corrected chi connectivity index (χ2v) is 10.6. The summed E-state index contributed by atoms with van der Waals surface area (Å²) < 4.78 is 0. The van der Waals surface area contributed by atoms with Gasteiger partial charge in [0, 0.05) is 21.7 Å². The summed E-state index contributed by atoms with van der Waals surface area (Å²) in [7, 11) is 0. The van der Waals surface area contributed by atoms with Crippen molar-refractivity contribution < 1.29 is 21.7 Å². The summed E-state index contributed by atoms with van der Waals surface area (Å²) >= 11 is 0. The van der Waals surface area contributed by atoms with Crippen molar-refractivity contribution in [1.29, 1.82) is 0 Å². The number of aryl methyl sites for hydroxylation is 2. The van der Waals surface area contributed by atoms with Gasteiger partial charge < -0.3 is 0 Å². The van der Waals surface area contributed by atoms with Gasteiger partial charge in [-0.25, -0.2) is 0 Å². The van der Waals surface area contributed by atoms with Gasteiger partial charge >= 0.3 is 0 Å². The molecule has 0 radical (unpaired) electrons. The summed E-state index contributed by atoms with van der Waals surface area (Å²) in [5.41, 5.74) is 10.6. The molecule has 30 heavy (non-hydrogen) atoms. The maximum atomic E-state index is 2.46. The normalized spacial score (nSPS) is 13.3. The van der Waals surface area contributed by atoms with Crippen LogP contribution in [0.4, 0.5) is 0 Å². The number of hydrogen-bond donors (Lipinski definition) is 0. The van der Waals surface area contributed by atoms with E-state index in [1.54, 1.807) is 11.1 Å². The number of halogens is 2. The van der Waals surface area contributed by atoms with Crippen LogP contribution in [0.1, 0.15) is 75.8 Å². The van der Waals surface area contributed by atoms with Crippen LogP contribution in [0.15, 0.2) is 36.4 Å². The number of benzene rings is 2. The fourth-order valence-corrected chi connectivity index (χ4v) is 4.54. The molecule has 0 saturated carbocycles. The second kappa shape index (κ2) is 9.46. The zero-order chi connectivity index (χ0) is 19.6. The van der Waals surface area contributed by atoms with Crippen LogP contribution in [0.5, 0.6) is 0 Å². The average Bonchev–Trinajstić information content (AvgIpc) is 3.15. The second-order valence-electron chi connectivity index (χ2n) is 10.6. The third-order valence-corrected chi connectivity index (χ3v) is 6.18. The Hall–Kier alpha value is -0.656. The van der Waals surface area contributed by atoms with Crippen molar-refractivity contribution in [2.24, 2.45) is 0 Å². The molecule has 0 amide bonds. The van der Waals surface area contributed by atoms with Gasteiger partial charge in [-0.1, -0.05) is 83.4 Å². The van der Waals surface area contributed by atoms with Gasteiger partial charge in [0.15, 0.2) is 0 Å². The molecule has 0 nitrogen and oxygen atoms in total. The molecule has 0 aromatic heterocycles. The van der Waals surface area contributed by atoms with Gasteiger partial charge in [0.1, 0.15) is 0 Å². The Morgan fingerprint density at radius 3 is 1.87 bits per heavy atom. The van der Waals surface area contributed by atoms with Crippen LogP contribution < -0.4 is 0 Å². The Morgan fingerprint density at radius 1 is 0.767 bits per heavy atom. The molecule has 4 rings (SSSR count). The fourth-order valence-electron chi connectivity index (χ4n) is 4.54. The molecule has 0 unspecified atom stereocenters. The molecule has 1 aliphatic rings. The maximum absolute atomic E-state index is 2.46. The molecule has 3 heteroatoms. The zero-order valence-corrected chi connectivity index (χ0v) is 22.6. The smallest absolute Gasteiger partial charge is 0 e. The zero-order valence-electron chi connectivity index (χ0n) is 19.4. The van der Waals surface area contributed by atoms with Crippen molar-refractivity contribution in [3.05, 3.63) is 64.2 Å². The SMILES string of the molecule is Cc1cc2c(-c3cc(C(C)(C)C)cc(C(C)(C)C)c3)c3c(cc2[cH-]1)CCC3.Cl.Cl.[Ti]. The Bertz CT molecular complexity index is 997. The third kappa shape index (κ3) is 5.04. The van der Waals surface area contributed by atoms with E-state index in [-0.39, 0.29) is 57.4 Å². The first-order valence-corrected chi connectivity index (χ1v) is 10.4. The van der Waals surface area contributed by atoms with E-state index in [4.69, 9.17) is 0 Å². The van der Waals surface area contributed by atoms with E-state index in [1.165, 1.54) is 57.9 Å². The Morgan fingerprint density at radius 2 is 1.33 bits per heavy atom. The summed E-state index contributed by atoms with van der Waals surface area (Å²) in [4.78, 5) is 0. The molecule has 3 aromatic rings. The minimum Gasteiger partial charge on any atom is -0.165 e. The van der Waals surface area contributed by atoms with Crippen molar-refractivity contribution >= 4 is 35.6 Å². The van der Waals surface area contributed by atoms with Gasteiger partial charge in [0.05, 0.1) is 0 Å². The van der Waals surface area contributed by atoms with Gasteiger partial charge in [-0.05, 0) is 46.8 Å². The molecular weight excluding hydrogens is 443 g/mol. The summed E-state index contributed by atoms with van der Waals surface area (Å²) in [6, 6.07) is 14.6. The standard InChI is InChI=1S/C27H33.2ClH.Ti/c1-17-11-19-13-18-9-8-10-23(18)25(24(19)12-17)20-14-21(26(2,3)4)16-22(15-20)27(5,6)7;;;/h11-16H,8-10H2,1-7H3;2*1H;/q-1;;;. The Kier molecular flexibility index (Phi) is 8.63. The summed E-state index contributed by atoms with van der Waals surface area (Å²) in [5, 5.41) is 2.86. The predicted molar refractivity (Wildman–Crippen MR) is 134 cm³/mol. The molecule has 0 aliphatic heterocycles. The maximum Gasteiger partial charge on any atom is 0 e. The van der Waals surface area contributed by atoms with Crippen LogP contribution in [0.25, 0.3) is 21.9 Å². The first kappa shape index (κ1) is 27.4. The van der Waals surface area contributed by atoms with Crippen molar-refractivity contribution in [3.8, 4) is 11.1 Å². The molecule has 1 aliphatic carbocycles. The van der Waals surface area contributed by atoms with Crippen molar-refractivity contribution in [2.75, 3.05) is 0 Å². The molecule has 0 N–H and O–H groups in total. The van der Waals surface area contributed by atoms with Crippen LogP contribution in [-0.4, -0.2) is 0 Å². The summed E-state index contributed by atoms with van der Waals surface area (Å²) in [6.45, 7) is 16.2. The first-order chi connectivity index (χ1) is 12.5. The van der Waals surface area contributed by atoms with Crippen molar-refractivity contribution in [1.82, 2.24) is 0 Å². The van der Waals surface area contributed by atoms with Crippen LogP contribution in [-0.2, 0) is 45.4 Å². The molecule has 162 valence electrons. The van der Waals surface area contributed by atoms with Gasteiger partial charge in [0.25, 0.3) is 0 Å². The first-order valence-electron chi connectivity index (χ1n) is 10.4. The number of fused-ring (bicyclic) bond motifs is 2. The average molecular weight is 478 g/mol. The summed E-state index contributed by atoms with van der Waals surface area (Å²) in [5.74, 6) is 0. The van der Waals surface area contributed by atoms with E-state index in [9.17, 15) is 0 Å². The van der Waals surface area contributed by atoms with Crippen LogP contribution >= 0.6 is 24.8 Å². The largest absolute Gasteiger partial charge is 0.165 e. The van der Waals surface area contributed by atoms with Crippen LogP contribution in [0.2, 0.25) is 0 Å². The van der Waals surface area contributed by atoms with E-state index in [1.807, 2.05) is 0 Å². The van der Waals surface area contributed by atoms with E-state index in [2.05, 4.69) is 84.9 Å². The minimum atomic E-state index is 0. The van der Waals surface area contributed by atoms with Crippen molar-refractivity contribution in [3.63, 3.8) is 0 Å². The van der Waals surface area contributed by atoms with Gasteiger partial charge in [0.2, 0.25) is 0 Å². The van der Waals surface area contributed by atoms with E-state index >= 15 is 0 Å². The molecular formula is C27H35Cl2Ti-. The fraction of sp³-hybridized carbons (Fsp3) is 0.444. The van der Waals surface area contributed by atoms with E-state index in [0.29, 0.717) is 0 Å². The molecule has 0 fully saturated rings. The minimum absolute atomic E-state index is 0. The third-order valence-electron chi connectivity index (χ3n) is 6.18.